The first-order valence-electron chi connectivity index (χ1n) is 12.9. The third-order valence-electron chi connectivity index (χ3n) is 5.80. The van der Waals surface area contributed by atoms with Gasteiger partial charge in [-0.25, -0.2) is 0 Å². The lowest BCUT2D eigenvalue weighted by Crippen LogP contribution is -2.25. The standard InChI is InChI=1S/C26H47O4PSi/c1-6-11-18-31(19-12-7-2,20-13-8-3)25-22-23(27)15-16-24(25)30-17-14-21-32-26(28-9-4)29-10-5/h15-16,22,26H,6-14,17-21H2,1-5H3/p+1. The summed E-state index contributed by atoms with van der Waals surface area (Å²) >= 11 is 0. The molecule has 0 saturated carbocycles. The third-order valence-corrected chi connectivity index (χ3v) is 12.0. The van der Waals surface area contributed by atoms with Gasteiger partial charge >= 0.3 is 0 Å². The molecule has 0 bridgehead atoms. The summed E-state index contributed by atoms with van der Waals surface area (Å²) in [6, 6.07) is 6.87. The van der Waals surface area contributed by atoms with Crippen LogP contribution in [-0.4, -0.2) is 58.8 Å². The van der Waals surface area contributed by atoms with Gasteiger partial charge in [0, 0.05) is 19.3 Å². The molecule has 4 nitrogen and oxygen atoms in total. The molecule has 184 valence electrons. The van der Waals surface area contributed by atoms with Crippen molar-refractivity contribution in [1.29, 1.82) is 0 Å². The van der Waals surface area contributed by atoms with E-state index in [2.05, 4.69) is 20.8 Å². The van der Waals surface area contributed by atoms with Crippen LogP contribution in [0.2, 0.25) is 6.04 Å². The summed E-state index contributed by atoms with van der Waals surface area (Å²) in [5, 5.41) is 11.7. The van der Waals surface area contributed by atoms with Crippen molar-refractivity contribution in [2.45, 2.75) is 91.5 Å². The van der Waals surface area contributed by atoms with Crippen molar-refractivity contribution < 1.29 is 19.3 Å². The number of hydrogen-bond acceptors (Lipinski definition) is 4. The molecular formula is C26H48O4PSi+. The predicted octanol–water partition coefficient (Wildman–Crippen LogP) is 6.68. The van der Waals surface area contributed by atoms with Gasteiger partial charge in [0.25, 0.3) is 0 Å². The van der Waals surface area contributed by atoms with Crippen molar-refractivity contribution in [1.82, 2.24) is 0 Å². The first kappa shape index (κ1) is 29.4. The molecule has 0 aliphatic carbocycles. The first-order valence-corrected chi connectivity index (χ1v) is 16.5. The van der Waals surface area contributed by atoms with Crippen molar-refractivity contribution >= 4 is 22.1 Å². The Morgan fingerprint density at radius 1 is 0.844 bits per heavy atom. The maximum atomic E-state index is 10.4. The van der Waals surface area contributed by atoms with E-state index >= 15 is 0 Å². The fraction of sp³-hybridized carbons (Fsp3) is 0.769. The van der Waals surface area contributed by atoms with Gasteiger partial charge in [0.2, 0.25) is 0 Å². The minimum Gasteiger partial charge on any atom is -0.508 e. The van der Waals surface area contributed by atoms with Crippen LogP contribution in [0, 0.1) is 0 Å². The molecule has 2 radical (unpaired) electrons. The molecule has 1 aromatic rings. The molecule has 0 amide bonds. The van der Waals surface area contributed by atoms with Crippen LogP contribution in [0.4, 0.5) is 0 Å². The minimum absolute atomic E-state index is 0.0788. The van der Waals surface area contributed by atoms with Crippen LogP contribution in [0.15, 0.2) is 18.2 Å². The Hall–Kier alpha value is -0.613. The molecular weight excluding hydrogens is 435 g/mol. The number of benzene rings is 1. The number of phenolic OH excluding ortho intramolecular Hbond substituents is 1. The highest BCUT2D eigenvalue weighted by Crippen LogP contribution is 2.61. The Labute approximate surface area is 201 Å². The average molecular weight is 484 g/mol. The second-order valence-corrected chi connectivity index (χ2v) is 13.9. The van der Waals surface area contributed by atoms with Gasteiger partial charge in [0.15, 0.2) is 5.75 Å². The van der Waals surface area contributed by atoms with E-state index in [1.807, 2.05) is 26.0 Å². The van der Waals surface area contributed by atoms with Gasteiger partial charge < -0.3 is 19.3 Å². The van der Waals surface area contributed by atoms with Gasteiger partial charge in [-0.05, 0) is 51.7 Å². The molecule has 6 heteroatoms. The fourth-order valence-electron chi connectivity index (χ4n) is 4.02. The van der Waals surface area contributed by atoms with E-state index in [0.29, 0.717) is 35.1 Å². The van der Waals surface area contributed by atoms with Crippen molar-refractivity contribution in [3.8, 4) is 11.5 Å². The summed E-state index contributed by atoms with van der Waals surface area (Å²) in [5.41, 5.74) is 0. The van der Waals surface area contributed by atoms with E-state index in [1.54, 1.807) is 6.07 Å². The number of ether oxygens (including phenoxy) is 3. The summed E-state index contributed by atoms with van der Waals surface area (Å²) in [5.74, 6) is 1.30. The lowest BCUT2D eigenvalue weighted by atomic mass is 10.3. The highest BCUT2D eigenvalue weighted by Gasteiger charge is 2.41. The Kier molecular flexibility index (Phi) is 16.4. The van der Waals surface area contributed by atoms with Gasteiger partial charge in [-0.15, -0.1) is 0 Å². The first-order chi connectivity index (χ1) is 15.6. The Morgan fingerprint density at radius 3 is 1.91 bits per heavy atom. The van der Waals surface area contributed by atoms with Gasteiger partial charge in [-0.2, -0.15) is 0 Å². The zero-order chi connectivity index (χ0) is 23.7. The molecule has 0 heterocycles. The lowest BCUT2D eigenvalue weighted by Gasteiger charge is -2.29. The van der Waals surface area contributed by atoms with Gasteiger partial charge in [-0.1, -0.05) is 46.1 Å². The van der Waals surface area contributed by atoms with Crippen LogP contribution >= 0.6 is 7.26 Å². The normalized spacial score (nSPS) is 11.9. The van der Waals surface area contributed by atoms with Crippen LogP contribution in [0.25, 0.3) is 0 Å². The monoisotopic (exact) mass is 483 g/mol. The molecule has 32 heavy (non-hydrogen) atoms. The topological polar surface area (TPSA) is 47.9 Å². The van der Waals surface area contributed by atoms with Crippen molar-refractivity contribution in [2.24, 2.45) is 0 Å². The average Bonchev–Trinajstić information content (AvgIpc) is 2.79. The van der Waals surface area contributed by atoms with Gasteiger partial charge in [-0.3, -0.25) is 0 Å². The largest absolute Gasteiger partial charge is 0.508 e. The molecule has 0 aliphatic rings. The number of aromatic hydroxyl groups is 1. The minimum atomic E-state index is -1.38. The van der Waals surface area contributed by atoms with E-state index in [4.69, 9.17) is 14.2 Å². The molecule has 0 saturated heterocycles. The molecule has 1 aromatic carbocycles. The van der Waals surface area contributed by atoms with Crippen molar-refractivity contribution in [2.75, 3.05) is 38.3 Å². The quantitative estimate of drug-likeness (QED) is 0.0972. The van der Waals surface area contributed by atoms with Crippen molar-refractivity contribution in [3.05, 3.63) is 18.2 Å². The highest BCUT2D eigenvalue weighted by atomic mass is 31.2. The molecule has 0 aromatic heterocycles. The van der Waals surface area contributed by atoms with Crippen LogP contribution in [0.3, 0.4) is 0 Å². The van der Waals surface area contributed by atoms with Crippen LogP contribution in [-0.2, 0) is 9.47 Å². The SMILES string of the molecule is CCCC[P+](CCCC)(CCCC)c1cc(O)ccc1OCCC[Si]C(OCC)OCC. The summed E-state index contributed by atoms with van der Waals surface area (Å²) in [4.78, 5) is 0. The van der Waals surface area contributed by atoms with Crippen LogP contribution < -0.4 is 10.0 Å². The molecule has 0 atom stereocenters. The van der Waals surface area contributed by atoms with E-state index in [0.717, 1.165) is 18.2 Å². The van der Waals surface area contributed by atoms with E-state index in [-0.39, 0.29) is 5.91 Å². The lowest BCUT2D eigenvalue weighted by molar-refractivity contribution is -0.0828. The summed E-state index contributed by atoms with van der Waals surface area (Å²) in [6.07, 6.45) is 12.2. The number of hydrogen-bond donors (Lipinski definition) is 1. The highest BCUT2D eigenvalue weighted by molar-refractivity contribution is 7.83. The second kappa shape index (κ2) is 17.8. The molecule has 0 spiro atoms. The Balaban J connectivity index is 2.94. The van der Waals surface area contributed by atoms with Gasteiger partial charge in [0.1, 0.15) is 26.5 Å². The fourth-order valence-corrected chi connectivity index (χ4v) is 10.3. The zero-order valence-corrected chi connectivity index (χ0v) is 23.2. The van der Waals surface area contributed by atoms with E-state index in [9.17, 15) is 5.11 Å². The zero-order valence-electron chi connectivity index (χ0n) is 21.3. The van der Waals surface area contributed by atoms with E-state index < -0.39 is 7.26 Å². The summed E-state index contributed by atoms with van der Waals surface area (Å²) < 4.78 is 17.7. The van der Waals surface area contributed by atoms with Gasteiger partial charge in [0.05, 0.1) is 32.4 Å². The molecule has 0 fully saturated rings. The number of unbranched alkanes of at least 4 members (excludes halogenated alkanes) is 3. The third kappa shape index (κ3) is 10.5. The summed E-state index contributed by atoms with van der Waals surface area (Å²) in [6.45, 7) is 12.9. The molecule has 1 N–H and O–H groups in total. The Bertz CT molecular complexity index is 571. The number of rotatable bonds is 20. The van der Waals surface area contributed by atoms with E-state index in [1.165, 1.54) is 62.3 Å². The van der Waals surface area contributed by atoms with Crippen molar-refractivity contribution in [3.63, 3.8) is 0 Å². The molecule has 0 aliphatic heterocycles. The predicted molar refractivity (Wildman–Crippen MR) is 142 cm³/mol. The van der Waals surface area contributed by atoms with Crippen LogP contribution in [0.5, 0.6) is 11.5 Å². The molecule has 1 rings (SSSR count). The number of phenols is 1. The second-order valence-electron chi connectivity index (χ2n) is 8.43. The maximum Gasteiger partial charge on any atom is 0.161 e. The smallest absolute Gasteiger partial charge is 0.161 e. The molecule has 0 unspecified atom stereocenters. The maximum absolute atomic E-state index is 10.4. The Morgan fingerprint density at radius 2 is 1.41 bits per heavy atom. The van der Waals surface area contributed by atoms with Crippen LogP contribution in [0.1, 0.15) is 79.6 Å². The summed E-state index contributed by atoms with van der Waals surface area (Å²) in [7, 11) is -0.744.